The zero-order valence-electron chi connectivity index (χ0n) is 10.3. The number of benzene rings is 1. The Morgan fingerprint density at radius 2 is 1.32 bits per heavy atom. The highest BCUT2D eigenvalue weighted by atomic mass is 16.2. The van der Waals surface area contributed by atoms with Gasteiger partial charge in [0.05, 0.1) is 23.2 Å². The molecule has 2 bridgehead atoms. The van der Waals surface area contributed by atoms with E-state index in [9.17, 15) is 9.59 Å². The minimum Gasteiger partial charge on any atom is -0.324 e. The lowest BCUT2D eigenvalue weighted by Crippen LogP contribution is -2.41. The van der Waals surface area contributed by atoms with Gasteiger partial charge in [0.2, 0.25) is 11.8 Å². The zero-order chi connectivity index (χ0) is 13.0. The average Bonchev–Trinajstić information content (AvgIpc) is 2.99. The predicted molar refractivity (Wildman–Crippen MR) is 71.4 cm³/mol. The van der Waals surface area contributed by atoms with E-state index >= 15 is 0 Å². The Hall–Kier alpha value is -2.10. The number of nitrogens with one attached hydrogen (secondary N) is 2. The van der Waals surface area contributed by atoms with Crippen molar-refractivity contribution in [2.45, 2.75) is 6.42 Å². The van der Waals surface area contributed by atoms with Crippen LogP contribution < -0.4 is 10.6 Å². The molecule has 0 saturated heterocycles. The predicted octanol–water partition coefficient (Wildman–Crippen LogP) is 2.02. The maximum absolute atomic E-state index is 12.4. The number of para-hydroxylation sites is 2. The lowest BCUT2D eigenvalue weighted by atomic mass is 9.81. The standard InChI is InChI=1S/C15H14N2O2/c18-14-12-8-5-6-9(7-8)13(12)15(19)17-11-4-2-1-3-10(11)16-14/h1-6,8-9,12-13H,7H2,(H,16,18)(H,17,19)/t8-,9+,12-,13+. The number of hydrogen-bond acceptors (Lipinski definition) is 2. The first kappa shape index (κ1) is 10.8. The number of amides is 2. The van der Waals surface area contributed by atoms with E-state index in [0.717, 1.165) is 6.42 Å². The maximum Gasteiger partial charge on any atom is 0.228 e. The summed E-state index contributed by atoms with van der Waals surface area (Å²) in [5.41, 5.74) is 1.37. The van der Waals surface area contributed by atoms with Crippen LogP contribution in [0.1, 0.15) is 6.42 Å². The summed E-state index contributed by atoms with van der Waals surface area (Å²) in [5.74, 6) is -0.0583. The fourth-order valence-electron chi connectivity index (χ4n) is 3.67. The van der Waals surface area contributed by atoms with Crippen LogP contribution in [0.3, 0.4) is 0 Å². The van der Waals surface area contributed by atoms with Gasteiger partial charge in [0.25, 0.3) is 0 Å². The fourth-order valence-corrected chi connectivity index (χ4v) is 3.67. The molecule has 0 aromatic heterocycles. The molecule has 19 heavy (non-hydrogen) atoms. The van der Waals surface area contributed by atoms with E-state index in [0.29, 0.717) is 11.4 Å². The summed E-state index contributed by atoms with van der Waals surface area (Å²) < 4.78 is 0. The second-order valence-corrected chi connectivity index (χ2v) is 5.52. The third kappa shape index (κ3) is 1.46. The lowest BCUT2D eigenvalue weighted by Gasteiger charge is -2.29. The summed E-state index contributed by atoms with van der Waals surface area (Å²) in [5, 5.41) is 5.90. The van der Waals surface area contributed by atoms with E-state index < -0.39 is 0 Å². The first-order chi connectivity index (χ1) is 9.24. The van der Waals surface area contributed by atoms with Gasteiger partial charge in [0.15, 0.2) is 0 Å². The van der Waals surface area contributed by atoms with Gasteiger partial charge in [-0.05, 0) is 30.4 Å². The largest absolute Gasteiger partial charge is 0.324 e. The van der Waals surface area contributed by atoms with Crippen LogP contribution in [0, 0.1) is 23.7 Å². The second-order valence-electron chi connectivity index (χ2n) is 5.52. The molecule has 0 spiro atoms. The average molecular weight is 254 g/mol. The molecule has 0 radical (unpaired) electrons. The van der Waals surface area contributed by atoms with Crippen LogP contribution in [0.15, 0.2) is 36.4 Å². The van der Waals surface area contributed by atoms with Crippen LogP contribution in [0.4, 0.5) is 11.4 Å². The highest BCUT2D eigenvalue weighted by molar-refractivity contribution is 6.06. The Balaban J connectivity index is 1.80. The van der Waals surface area contributed by atoms with E-state index in [1.165, 1.54) is 0 Å². The number of carbonyl (C=O) groups excluding carboxylic acids is 2. The minimum absolute atomic E-state index is 0.0239. The molecule has 1 aromatic rings. The number of fused-ring (bicyclic) bond motifs is 6. The van der Waals surface area contributed by atoms with E-state index in [-0.39, 0.29) is 35.5 Å². The Labute approximate surface area is 110 Å². The quantitative estimate of drug-likeness (QED) is 0.696. The van der Waals surface area contributed by atoms with Gasteiger partial charge in [-0.15, -0.1) is 0 Å². The van der Waals surface area contributed by atoms with E-state index in [2.05, 4.69) is 22.8 Å². The summed E-state index contributed by atoms with van der Waals surface area (Å²) in [7, 11) is 0. The van der Waals surface area contributed by atoms with Crippen molar-refractivity contribution in [1.82, 2.24) is 0 Å². The second kappa shape index (κ2) is 3.70. The van der Waals surface area contributed by atoms with Crippen molar-refractivity contribution in [2.24, 2.45) is 23.7 Å². The molecule has 2 N–H and O–H groups in total. The molecular formula is C15H14N2O2. The molecular weight excluding hydrogens is 240 g/mol. The van der Waals surface area contributed by atoms with Crippen LogP contribution in [0.25, 0.3) is 0 Å². The van der Waals surface area contributed by atoms with Gasteiger partial charge in [-0.3, -0.25) is 9.59 Å². The molecule has 3 aliphatic rings. The van der Waals surface area contributed by atoms with Gasteiger partial charge in [-0.2, -0.15) is 0 Å². The van der Waals surface area contributed by atoms with Crippen molar-refractivity contribution in [3.63, 3.8) is 0 Å². The van der Waals surface area contributed by atoms with Crippen molar-refractivity contribution >= 4 is 23.2 Å². The van der Waals surface area contributed by atoms with Crippen LogP contribution >= 0.6 is 0 Å². The molecule has 1 saturated carbocycles. The maximum atomic E-state index is 12.4. The van der Waals surface area contributed by atoms with Gasteiger partial charge >= 0.3 is 0 Å². The summed E-state index contributed by atoms with van der Waals surface area (Å²) in [6, 6.07) is 7.34. The van der Waals surface area contributed by atoms with E-state index in [4.69, 9.17) is 0 Å². The molecule has 1 aromatic carbocycles. The Bertz CT molecular complexity index is 557. The number of carbonyl (C=O) groups is 2. The summed E-state index contributed by atoms with van der Waals surface area (Å²) in [6.07, 6.45) is 5.10. The Kier molecular flexibility index (Phi) is 2.10. The summed E-state index contributed by atoms with van der Waals surface area (Å²) in [6.45, 7) is 0. The number of rotatable bonds is 0. The van der Waals surface area contributed by atoms with E-state index in [1.807, 2.05) is 24.3 Å². The van der Waals surface area contributed by atoms with Crippen LogP contribution in [-0.4, -0.2) is 11.8 Å². The van der Waals surface area contributed by atoms with Crippen molar-refractivity contribution in [1.29, 1.82) is 0 Å². The monoisotopic (exact) mass is 254 g/mol. The van der Waals surface area contributed by atoms with Gasteiger partial charge < -0.3 is 10.6 Å². The third-order valence-electron chi connectivity index (χ3n) is 4.51. The van der Waals surface area contributed by atoms with Crippen molar-refractivity contribution in [2.75, 3.05) is 10.6 Å². The Morgan fingerprint density at radius 1 is 0.842 bits per heavy atom. The molecule has 2 amide bonds. The van der Waals surface area contributed by atoms with Crippen LogP contribution in [-0.2, 0) is 9.59 Å². The molecule has 0 unspecified atom stereocenters. The van der Waals surface area contributed by atoms with Gasteiger partial charge in [-0.25, -0.2) is 0 Å². The highest BCUT2D eigenvalue weighted by Crippen LogP contribution is 2.49. The number of hydrogen-bond donors (Lipinski definition) is 2. The van der Waals surface area contributed by atoms with Crippen LogP contribution in [0.5, 0.6) is 0 Å². The highest BCUT2D eigenvalue weighted by Gasteiger charge is 2.52. The van der Waals surface area contributed by atoms with Crippen molar-refractivity contribution < 1.29 is 9.59 Å². The fraction of sp³-hybridized carbons (Fsp3) is 0.333. The SMILES string of the molecule is O=C1Nc2ccccc2NC(=O)[C@H]2[C@@H]1[C@H]1C=C[C@@H]2C1. The van der Waals surface area contributed by atoms with E-state index in [1.54, 1.807) is 0 Å². The first-order valence-electron chi connectivity index (χ1n) is 6.63. The van der Waals surface area contributed by atoms with Gasteiger partial charge in [0.1, 0.15) is 0 Å². The smallest absolute Gasteiger partial charge is 0.228 e. The normalized spacial score (nSPS) is 34.9. The van der Waals surface area contributed by atoms with Gasteiger partial charge in [0, 0.05) is 0 Å². The van der Waals surface area contributed by atoms with Crippen molar-refractivity contribution in [3.8, 4) is 0 Å². The first-order valence-corrected chi connectivity index (χ1v) is 6.63. The molecule has 1 fully saturated rings. The minimum atomic E-state index is -0.219. The third-order valence-corrected chi connectivity index (χ3v) is 4.51. The zero-order valence-corrected chi connectivity index (χ0v) is 10.3. The molecule has 4 rings (SSSR count). The number of allylic oxidation sites excluding steroid dienone is 2. The molecule has 1 aliphatic heterocycles. The molecule has 4 atom stereocenters. The topological polar surface area (TPSA) is 58.2 Å². The molecule has 4 heteroatoms. The molecule has 96 valence electrons. The lowest BCUT2D eigenvalue weighted by molar-refractivity contribution is -0.129. The summed E-state index contributed by atoms with van der Waals surface area (Å²) in [4.78, 5) is 24.8. The molecule has 2 aliphatic carbocycles. The van der Waals surface area contributed by atoms with Crippen LogP contribution in [0.2, 0.25) is 0 Å². The van der Waals surface area contributed by atoms with Crippen molar-refractivity contribution in [3.05, 3.63) is 36.4 Å². The summed E-state index contributed by atoms with van der Waals surface area (Å²) >= 11 is 0. The molecule has 4 nitrogen and oxygen atoms in total. The Morgan fingerprint density at radius 3 is 1.79 bits per heavy atom. The number of anilines is 2. The van der Waals surface area contributed by atoms with Gasteiger partial charge in [-0.1, -0.05) is 24.3 Å². The molecule has 1 heterocycles.